The Labute approximate surface area is 128 Å². The summed E-state index contributed by atoms with van der Waals surface area (Å²) in [5.41, 5.74) is 2.45. The largest absolute Gasteiger partial charge is 0.491 e. The van der Waals surface area contributed by atoms with Crippen LogP contribution in [0.15, 0.2) is 18.2 Å². The number of ether oxygens (including phenoxy) is 1. The van der Waals surface area contributed by atoms with Gasteiger partial charge in [0.15, 0.2) is 0 Å². The predicted molar refractivity (Wildman–Crippen MR) is 84.5 cm³/mol. The van der Waals surface area contributed by atoms with Crippen molar-refractivity contribution in [2.24, 2.45) is 0 Å². The first kappa shape index (κ1) is 17.5. The topological polar surface area (TPSA) is 56.5 Å². The zero-order chi connectivity index (χ0) is 16.0. The molecule has 4 heteroatoms. The minimum Gasteiger partial charge on any atom is -0.491 e. The third-order valence-electron chi connectivity index (χ3n) is 3.34. The number of hydrogen-bond acceptors (Lipinski definition) is 4. The van der Waals surface area contributed by atoms with E-state index in [1.807, 2.05) is 13.0 Å². The molecule has 0 fully saturated rings. The fraction of sp³-hybridized carbons (Fsp3) is 0.588. The number of nitrogens with zero attached hydrogens (tertiary/aromatic N) is 2. The van der Waals surface area contributed by atoms with Crippen molar-refractivity contribution in [1.29, 1.82) is 5.26 Å². The molecule has 0 spiro atoms. The molecule has 0 aliphatic carbocycles. The van der Waals surface area contributed by atoms with E-state index in [1.165, 1.54) is 5.56 Å². The molecular weight excluding hydrogens is 264 g/mol. The Bertz CT molecular complexity index is 500. The molecule has 0 aliphatic rings. The van der Waals surface area contributed by atoms with E-state index in [-0.39, 0.29) is 12.0 Å². The maximum atomic E-state index is 9.91. The molecule has 0 radical (unpaired) electrons. The van der Waals surface area contributed by atoms with Crippen LogP contribution in [0.3, 0.4) is 0 Å². The van der Waals surface area contributed by atoms with Gasteiger partial charge in [-0.25, -0.2) is 0 Å². The highest BCUT2D eigenvalue weighted by molar-refractivity contribution is 5.38. The van der Waals surface area contributed by atoms with Crippen molar-refractivity contribution in [3.8, 4) is 11.8 Å². The van der Waals surface area contributed by atoms with Crippen LogP contribution in [0, 0.1) is 18.3 Å². The molecule has 1 rings (SSSR count). The lowest BCUT2D eigenvalue weighted by Crippen LogP contribution is -2.33. The van der Waals surface area contributed by atoms with Crippen LogP contribution in [0.25, 0.3) is 0 Å². The minimum absolute atomic E-state index is 0.114. The average Bonchev–Trinajstić information content (AvgIpc) is 2.36. The van der Waals surface area contributed by atoms with E-state index >= 15 is 0 Å². The number of hydrogen-bond donors (Lipinski definition) is 1. The summed E-state index contributed by atoms with van der Waals surface area (Å²) in [6.07, 6.45) is -0.606. The Balaban J connectivity index is 2.58. The summed E-state index contributed by atoms with van der Waals surface area (Å²) < 4.78 is 5.69. The van der Waals surface area contributed by atoms with E-state index in [1.54, 1.807) is 11.9 Å². The van der Waals surface area contributed by atoms with Crippen LogP contribution in [0.4, 0.5) is 0 Å². The van der Waals surface area contributed by atoms with Crippen LogP contribution >= 0.6 is 0 Å². The van der Waals surface area contributed by atoms with Crippen molar-refractivity contribution in [3.05, 3.63) is 29.3 Å². The highest BCUT2D eigenvalue weighted by Gasteiger charge is 2.15. The van der Waals surface area contributed by atoms with Gasteiger partial charge in [0.05, 0.1) is 12.6 Å². The molecule has 0 aliphatic heterocycles. The fourth-order valence-electron chi connectivity index (χ4n) is 2.06. The van der Waals surface area contributed by atoms with E-state index < -0.39 is 6.10 Å². The molecule has 0 amide bonds. The van der Waals surface area contributed by atoms with Crippen molar-refractivity contribution in [1.82, 2.24) is 4.90 Å². The number of nitriles is 1. The van der Waals surface area contributed by atoms with Crippen molar-refractivity contribution in [2.75, 3.05) is 26.7 Å². The Morgan fingerprint density at radius 2 is 2.05 bits per heavy atom. The van der Waals surface area contributed by atoms with Crippen molar-refractivity contribution >= 4 is 0 Å². The van der Waals surface area contributed by atoms with Crippen LogP contribution in [-0.4, -0.2) is 42.9 Å². The molecule has 116 valence electrons. The van der Waals surface area contributed by atoms with Crippen LogP contribution < -0.4 is 4.74 Å². The number of likely N-dealkylation sites (N-methyl/N-ethyl adjacent to an activating group) is 1. The van der Waals surface area contributed by atoms with Gasteiger partial charge in [0.25, 0.3) is 0 Å². The number of aliphatic hydroxyl groups excluding tert-OH is 1. The number of aliphatic hydroxyl groups is 1. The maximum absolute atomic E-state index is 9.91. The zero-order valence-corrected chi connectivity index (χ0v) is 13.7. The molecule has 0 heterocycles. The maximum Gasteiger partial charge on any atom is 0.122 e. The standard InChI is InChI=1S/C17H26N2O2/c1-13-10-14(17(2,3)4)6-7-16(13)21-12-15(20)11-19(5)9-8-18/h6-7,10,15,20H,9,11-12H2,1-5H3. The second kappa shape index (κ2) is 7.44. The lowest BCUT2D eigenvalue weighted by molar-refractivity contribution is 0.0796. The van der Waals surface area contributed by atoms with Crippen molar-refractivity contribution < 1.29 is 9.84 Å². The number of aryl methyl sites for hydroxylation is 1. The molecule has 1 unspecified atom stereocenters. The van der Waals surface area contributed by atoms with E-state index in [4.69, 9.17) is 10.00 Å². The lowest BCUT2D eigenvalue weighted by Gasteiger charge is -2.22. The lowest BCUT2D eigenvalue weighted by atomic mass is 9.86. The first-order valence-electron chi connectivity index (χ1n) is 7.21. The third-order valence-corrected chi connectivity index (χ3v) is 3.34. The Morgan fingerprint density at radius 3 is 2.57 bits per heavy atom. The molecular formula is C17H26N2O2. The molecule has 1 atom stereocenters. The number of rotatable bonds is 6. The van der Waals surface area contributed by atoms with Crippen LogP contribution in [0.5, 0.6) is 5.75 Å². The summed E-state index contributed by atoms with van der Waals surface area (Å²) in [5.74, 6) is 0.796. The molecule has 21 heavy (non-hydrogen) atoms. The molecule has 1 aromatic carbocycles. The van der Waals surface area contributed by atoms with Gasteiger partial charge in [-0.3, -0.25) is 4.90 Å². The second-order valence-electron chi connectivity index (χ2n) is 6.55. The fourth-order valence-corrected chi connectivity index (χ4v) is 2.06. The van der Waals surface area contributed by atoms with Gasteiger partial charge in [-0.05, 0) is 36.6 Å². The van der Waals surface area contributed by atoms with Gasteiger partial charge in [0, 0.05) is 6.54 Å². The van der Waals surface area contributed by atoms with Gasteiger partial charge in [0.1, 0.15) is 18.5 Å². The van der Waals surface area contributed by atoms with Gasteiger partial charge < -0.3 is 9.84 Å². The Morgan fingerprint density at radius 1 is 1.38 bits per heavy atom. The van der Waals surface area contributed by atoms with Crippen molar-refractivity contribution in [2.45, 2.75) is 39.2 Å². The van der Waals surface area contributed by atoms with E-state index in [0.717, 1.165) is 11.3 Å². The highest BCUT2D eigenvalue weighted by atomic mass is 16.5. The normalized spacial score (nSPS) is 13.0. The summed E-state index contributed by atoms with van der Waals surface area (Å²) in [6, 6.07) is 8.20. The molecule has 0 saturated carbocycles. The summed E-state index contributed by atoms with van der Waals surface area (Å²) in [6.45, 7) is 9.50. The monoisotopic (exact) mass is 290 g/mol. The zero-order valence-electron chi connectivity index (χ0n) is 13.7. The van der Waals surface area contributed by atoms with Gasteiger partial charge in [-0.15, -0.1) is 0 Å². The molecule has 0 aromatic heterocycles. The third kappa shape index (κ3) is 5.74. The Hall–Kier alpha value is -1.57. The smallest absolute Gasteiger partial charge is 0.122 e. The average molecular weight is 290 g/mol. The van der Waals surface area contributed by atoms with E-state index in [0.29, 0.717) is 13.1 Å². The molecule has 0 bridgehead atoms. The summed E-state index contributed by atoms with van der Waals surface area (Å²) in [5, 5.41) is 18.5. The van der Waals surface area contributed by atoms with E-state index in [9.17, 15) is 5.11 Å². The molecule has 1 N–H and O–H groups in total. The summed E-state index contributed by atoms with van der Waals surface area (Å²) in [4.78, 5) is 1.77. The van der Waals surface area contributed by atoms with Crippen LogP contribution in [-0.2, 0) is 5.41 Å². The van der Waals surface area contributed by atoms with E-state index in [2.05, 4.69) is 39.0 Å². The van der Waals surface area contributed by atoms with Crippen LogP contribution in [0.1, 0.15) is 31.9 Å². The number of benzene rings is 1. The quantitative estimate of drug-likeness (QED) is 0.818. The summed E-state index contributed by atoms with van der Waals surface area (Å²) >= 11 is 0. The molecule has 1 aromatic rings. The van der Waals surface area contributed by atoms with Gasteiger partial charge >= 0.3 is 0 Å². The molecule has 4 nitrogen and oxygen atoms in total. The predicted octanol–water partition coefficient (Wildman–Crippen LogP) is 2.49. The second-order valence-corrected chi connectivity index (χ2v) is 6.55. The first-order chi connectivity index (χ1) is 9.74. The van der Waals surface area contributed by atoms with Gasteiger partial charge in [-0.1, -0.05) is 32.9 Å². The first-order valence-corrected chi connectivity index (χ1v) is 7.21. The van der Waals surface area contributed by atoms with Gasteiger partial charge in [-0.2, -0.15) is 5.26 Å². The summed E-state index contributed by atoms with van der Waals surface area (Å²) in [7, 11) is 1.80. The van der Waals surface area contributed by atoms with Crippen LogP contribution in [0.2, 0.25) is 0 Å². The minimum atomic E-state index is -0.606. The molecule has 0 saturated heterocycles. The highest BCUT2D eigenvalue weighted by Crippen LogP contribution is 2.27. The van der Waals surface area contributed by atoms with Gasteiger partial charge in [0.2, 0.25) is 0 Å². The Kier molecular flexibility index (Phi) is 6.19. The van der Waals surface area contributed by atoms with Crippen molar-refractivity contribution in [3.63, 3.8) is 0 Å². The SMILES string of the molecule is Cc1cc(C(C)(C)C)ccc1OCC(O)CN(C)CC#N.